The zero-order valence-electron chi connectivity index (χ0n) is 15.2. The number of phenolic OH excluding ortho intramolecular Hbond substituents is 1. The van der Waals surface area contributed by atoms with Gasteiger partial charge in [-0.25, -0.2) is 0 Å². The molecule has 1 aromatic rings. The predicted octanol–water partition coefficient (Wildman–Crippen LogP) is 3.79. The molecule has 1 aromatic carbocycles. The average molecular weight is 349 g/mol. The summed E-state index contributed by atoms with van der Waals surface area (Å²) in [7, 11) is 0. The molecule has 6 nitrogen and oxygen atoms in total. The molecule has 2 rings (SSSR count). The van der Waals surface area contributed by atoms with E-state index in [1.807, 2.05) is 13.8 Å². The van der Waals surface area contributed by atoms with Crippen molar-refractivity contribution < 1.29 is 24.5 Å². The minimum absolute atomic E-state index is 0.0801. The van der Waals surface area contributed by atoms with Crippen LogP contribution in [0.4, 0.5) is 0 Å². The Labute approximate surface area is 148 Å². The first kappa shape index (κ1) is 19.1. The van der Waals surface area contributed by atoms with Crippen molar-refractivity contribution in [2.75, 3.05) is 13.2 Å². The molecule has 138 valence electrons. The van der Waals surface area contributed by atoms with Crippen molar-refractivity contribution >= 4 is 11.7 Å². The number of carbonyl (C=O) groups is 1. The second kappa shape index (κ2) is 8.23. The predicted molar refractivity (Wildman–Crippen MR) is 96.1 cm³/mol. The highest BCUT2D eigenvalue weighted by Crippen LogP contribution is 2.41. The summed E-state index contributed by atoms with van der Waals surface area (Å²) >= 11 is 0. The summed E-state index contributed by atoms with van der Waals surface area (Å²) in [6.07, 6.45) is 3.08. The number of nitrogens with zero attached hydrogens (tertiary/aromatic N) is 1. The topological polar surface area (TPSA) is 88.4 Å². The lowest BCUT2D eigenvalue weighted by Crippen LogP contribution is -2.36. The van der Waals surface area contributed by atoms with E-state index in [2.05, 4.69) is 11.9 Å². The Morgan fingerprint density at radius 2 is 2.12 bits per heavy atom. The Bertz CT molecular complexity index is 651. The molecule has 0 bridgehead atoms. The first-order valence-electron chi connectivity index (χ1n) is 8.76. The Kier molecular flexibility index (Phi) is 6.28. The monoisotopic (exact) mass is 349 g/mol. The van der Waals surface area contributed by atoms with Crippen LogP contribution in [0.25, 0.3) is 0 Å². The SMILES string of the molecule is CCCCOc1cc(O)c2c(c1)OC(C)(C)CC2=NCCCC(=O)O. The normalized spacial score (nSPS) is 17.0. The molecule has 0 amide bonds. The lowest BCUT2D eigenvalue weighted by atomic mass is 9.91. The van der Waals surface area contributed by atoms with Crippen LogP contribution in [-0.4, -0.2) is 40.6 Å². The number of carboxylic acids is 1. The van der Waals surface area contributed by atoms with Crippen molar-refractivity contribution in [2.45, 2.75) is 58.5 Å². The Hall–Kier alpha value is -2.24. The number of aliphatic carboxylic acids is 1. The van der Waals surface area contributed by atoms with Crippen LogP contribution in [0.2, 0.25) is 0 Å². The van der Waals surface area contributed by atoms with Crippen LogP contribution >= 0.6 is 0 Å². The summed E-state index contributed by atoms with van der Waals surface area (Å²) in [6.45, 7) is 7.01. The van der Waals surface area contributed by atoms with Gasteiger partial charge in [0, 0.05) is 31.5 Å². The first-order valence-corrected chi connectivity index (χ1v) is 8.76. The number of rotatable bonds is 8. The van der Waals surface area contributed by atoms with Crippen LogP contribution in [0.5, 0.6) is 17.2 Å². The maximum atomic E-state index is 10.6. The second-order valence-corrected chi connectivity index (χ2v) is 6.88. The number of benzene rings is 1. The van der Waals surface area contributed by atoms with Crippen LogP contribution < -0.4 is 9.47 Å². The number of ether oxygens (including phenoxy) is 2. The number of carboxylic acid groups (broad SMARTS) is 1. The third-order valence-corrected chi connectivity index (χ3v) is 3.94. The molecule has 0 atom stereocenters. The highest BCUT2D eigenvalue weighted by molar-refractivity contribution is 6.06. The standard InChI is InChI=1S/C19H27NO5/c1-4-5-9-24-13-10-15(21)18-14(20-8-6-7-17(22)23)12-19(2,3)25-16(18)11-13/h10-11,21H,4-9,12H2,1-3H3,(H,22,23). The number of phenols is 1. The van der Waals surface area contributed by atoms with Gasteiger partial charge in [0.15, 0.2) is 0 Å². The molecular weight excluding hydrogens is 322 g/mol. The molecule has 0 saturated carbocycles. The fourth-order valence-corrected chi connectivity index (χ4v) is 2.77. The van der Waals surface area contributed by atoms with Gasteiger partial charge in [-0.15, -0.1) is 0 Å². The molecule has 1 aliphatic rings. The van der Waals surface area contributed by atoms with Gasteiger partial charge in [-0.2, -0.15) is 0 Å². The summed E-state index contributed by atoms with van der Waals surface area (Å²) in [5.74, 6) is 0.383. The van der Waals surface area contributed by atoms with Crippen LogP contribution in [0.3, 0.4) is 0 Å². The fraction of sp³-hybridized carbons (Fsp3) is 0.579. The highest BCUT2D eigenvalue weighted by atomic mass is 16.5. The molecule has 6 heteroatoms. The summed E-state index contributed by atoms with van der Waals surface area (Å²) in [4.78, 5) is 15.2. The van der Waals surface area contributed by atoms with Crippen molar-refractivity contribution in [1.29, 1.82) is 0 Å². The molecule has 0 saturated heterocycles. The molecule has 2 N–H and O–H groups in total. The average Bonchev–Trinajstić information content (AvgIpc) is 2.49. The number of fused-ring (bicyclic) bond motifs is 1. The number of unbranched alkanes of at least 4 members (excludes halogenated alkanes) is 1. The molecule has 1 heterocycles. The minimum atomic E-state index is -0.829. The van der Waals surface area contributed by atoms with Crippen molar-refractivity contribution in [3.05, 3.63) is 17.7 Å². The van der Waals surface area contributed by atoms with Gasteiger partial charge in [0.1, 0.15) is 22.8 Å². The third kappa shape index (κ3) is 5.37. The number of aromatic hydroxyl groups is 1. The van der Waals surface area contributed by atoms with Gasteiger partial charge in [-0.3, -0.25) is 9.79 Å². The summed E-state index contributed by atoms with van der Waals surface area (Å²) in [5.41, 5.74) is 0.874. The second-order valence-electron chi connectivity index (χ2n) is 6.88. The Balaban J connectivity index is 2.25. The van der Waals surface area contributed by atoms with E-state index >= 15 is 0 Å². The lowest BCUT2D eigenvalue weighted by Gasteiger charge is -2.34. The van der Waals surface area contributed by atoms with Gasteiger partial charge in [-0.1, -0.05) is 13.3 Å². The van der Waals surface area contributed by atoms with E-state index in [-0.39, 0.29) is 12.2 Å². The van der Waals surface area contributed by atoms with Gasteiger partial charge in [0.05, 0.1) is 17.9 Å². The van der Waals surface area contributed by atoms with E-state index in [0.717, 1.165) is 18.6 Å². The molecular formula is C19H27NO5. The van der Waals surface area contributed by atoms with Crippen molar-refractivity contribution in [3.8, 4) is 17.2 Å². The third-order valence-electron chi connectivity index (χ3n) is 3.94. The number of hydrogen-bond donors (Lipinski definition) is 2. The van der Waals surface area contributed by atoms with Gasteiger partial charge in [0.25, 0.3) is 0 Å². The molecule has 25 heavy (non-hydrogen) atoms. The van der Waals surface area contributed by atoms with Crippen LogP contribution in [-0.2, 0) is 4.79 Å². The number of hydrogen-bond acceptors (Lipinski definition) is 5. The lowest BCUT2D eigenvalue weighted by molar-refractivity contribution is -0.137. The van der Waals surface area contributed by atoms with Crippen molar-refractivity contribution in [3.63, 3.8) is 0 Å². The first-order chi connectivity index (χ1) is 11.8. The number of aliphatic imine (C=N–C) groups is 1. The zero-order chi connectivity index (χ0) is 18.4. The molecule has 0 unspecified atom stereocenters. The van der Waals surface area contributed by atoms with E-state index < -0.39 is 11.6 Å². The van der Waals surface area contributed by atoms with E-state index in [1.54, 1.807) is 12.1 Å². The van der Waals surface area contributed by atoms with E-state index in [4.69, 9.17) is 14.6 Å². The smallest absolute Gasteiger partial charge is 0.303 e. The molecule has 0 radical (unpaired) electrons. The Morgan fingerprint density at radius 3 is 2.80 bits per heavy atom. The molecule has 0 aliphatic carbocycles. The quantitative estimate of drug-likeness (QED) is 0.697. The van der Waals surface area contributed by atoms with Gasteiger partial charge in [0.2, 0.25) is 0 Å². The summed E-state index contributed by atoms with van der Waals surface area (Å²) < 4.78 is 11.7. The molecule has 1 aliphatic heterocycles. The van der Waals surface area contributed by atoms with Gasteiger partial charge < -0.3 is 19.7 Å². The van der Waals surface area contributed by atoms with Crippen LogP contribution in [0.15, 0.2) is 17.1 Å². The van der Waals surface area contributed by atoms with Crippen molar-refractivity contribution in [1.82, 2.24) is 0 Å². The maximum absolute atomic E-state index is 10.6. The van der Waals surface area contributed by atoms with Crippen molar-refractivity contribution in [2.24, 2.45) is 4.99 Å². The molecule has 0 fully saturated rings. The van der Waals surface area contributed by atoms with Crippen LogP contribution in [0.1, 0.15) is 58.4 Å². The molecule has 0 aromatic heterocycles. The fourth-order valence-electron chi connectivity index (χ4n) is 2.77. The van der Waals surface area contributed by atoms with Crippen LogP contribution in [0, 0.1) is 0 Å². The Morgan fingerprint density at radius 1 is 1.36 bits per heavy atom. The van der Waals surface area contributed by atoms with E-state index in [1.165, 1.54) is 0 Å². The highest BCUT2D eigenvalue weighted by Gasteiger charge is 2.33. The summed E-state index contributed by atoms with van der Waals surface area (Å²) in [6, 6.07) is 3.38. The largest absolute Gasteiger partial charge is 0.507 e. The maximum Gasteiger partial charge on any atom is 0.303 e. The van der Waals surface area contributed by atoms with Gasteiger partial charge >= 0.3 is 5.97 Å². The van der Waals surface area contributed by atoms with E-state index in [9.17, 15) is 9.90 Å². The summed E-state index contributed by atoms with van der Waals surface area (Å²) in [5, 5.41) is 19.2. The zero-order valence-corrected chi connectivity index (χ0v) is 15.2. The van der Waals surface area contributed by atoms with E-state index in [0.29, 0.717) is 43.1 Å². The minimum Gasteiger partial charge on any atom is -0.507 e. The molecule has 0 spiro atoms. The van der Waals surface area contributed by atoms with Gasteiger partial charge in [-0.05, 0) is 26.7 Å².